The third-order valence-corrected chi connectivity index (χ3v) is 2.71. The van der Waals surface area contributed by atoms with Crippen molar-refractivity contribution < 1.29 is 5.11 Å². The van der Waals surface area contributed by atoms with Crippen molar-refractivity contribution in [1.82, 2.24) is 9.78 Å². The van der Waals surface area contributed by atoms with Crippen molar-refractivity contribution in [3.05, 3.63) is 51.9 Å². The molecule has 1 aromatic heterocycles. The summed E-state index contributed by atoms with van der Waals surface area (Å²) >= 11 is 5.65. The van der Waals surface area contributed by atoms with Crippen LogP contribution in [0.3, 0.4) is 0 Å². The number of para-hydroxylation sites is 1. The first-order chi connectivity index (χ1) is 8.13. The molecule has 0 aliphatic carbocycles. The summed E-state index contributed by atoms with van der Waals surface area (Å²) in [6.45, 7) is 1.89. The van der Waals surface area contributed by atoms with Gasteiger partial charge >= 0.3 is 0 Å². The van der Waals surface area contributed by atoms with Gasteiger partial charge in [0.25, 0.3) is 5.56 Å². The fraction of sp³-hybridized carbons (Fsp3) is 0.167. The molecule has 0 aliphatic rings. The van der Waals surface area contributed by atoms with Gasteiger partial charge in [-0.3, -0.25) is 4.79 Å². The van der Waals surface area contributed by atoms with Crippen LogP contribution in [0, 0.1) is 6.92 Å². The number of hydrogen-bond acceptors (Lipinski definition) is 3. The molecule has 0 saturated heterocycles. The standard InChI is InChI=1S/C12H11ClN2O2/c1-8-4-2-3-5-10(8)15-12(17)6-11(16)9(7-13)14-15/h2-6,16H,7H2,1H3. The molecule has 2 rings (SSSR count). The normalized spacial score (nSPS) is 10.5. The third-order valence-electron chi connectivity index (χ3n) is 2.46. The van der Waals surface area contributed by atoms with Gasteiger partial charge in [-0.2, -0.15) is 9.78 Å². The first-order valence-electron chi connectivity index (χ1n) is 5.07. The quantitative estimate of drug-likeness (QED) is 0.830. The minimum absolute atomic E-state index is 0.0536. The lowest BCUT2D eigenvalue weighted by Gasteiger charge is -2.09. The SMILES string of the molecule is Cc1ccccc1-n1nc(CCl)c(O)cc1=O. The van der Waals surface area contributed by atoms with Crippen LogP contribution in [0.25, 0.3) is 5.69 Å². The molecule has 1 heterocycles. The Balaban J connectivity index is 2.68. The predicted octanol–water partition coefficient (Wildman–Crippen LogP) is 1.99. The van der Waals surface area contributed by atoms with Crippen LogP contribution in [0.5, 0.6) is 5.75 Å². The highest BCUT2D eigenvalue weighted by molar-refractivity contribution is 6.17. The fourth-order valence-corrected chi connectivity index (χ4v) is 1.74. The lowest BCUT2D eigenvalue weighted by Crippen LogP contribution is -2.22. The Kier molecular flexibility index (Phi) is 3.15. The molecule has 0 atom stereocenters. The zero-order valence-corrected chi connectivity index (χ0v) is 9.98. The summed E-state index contributed by atoms with van der Waals surface area (Å²) in [5.41, 5.74) is 1.51. The van der Waals surface area contributed by atoms with Gasteiger partial charge in [-0.15, -0.1) is 11.6 Å². The van der Waals surface area contributed by atoms with E-state index < -0.39 is 0 Å². The molecular formula is C12H11ClN2O2. The van der Waals surface area contributed by atoms with E-state index in [0.717, 1.165) is 11.6 Å². The summed E-state index contributed by atoms with van der Waals surface area (Å²) in [4.78, 5) is 11.8. The smallest absolute Gasteiger partial charge is 0.275 e. The number of alkyl halides is 1. The molecule has 17 heavy (non-hydrogen) atoms. The summed E-state index contributed by atoms with van der Waals surface area (Å²) in [5.74, 6) is -0.118. The van der Waals surface area contributed by atoms with Crippen LogP contribution in [-0.2, 0) is 5.88 Å². The summed E-state index contributed by atoms with van der Waals surface area (Å²) in [6.07, 6.45) is 0. The van der Waals surface area contributed by atoms with Gasteiger partial charge in [0.15, 0.2) is 0 Å². The molecule has 4 nitrogen and oxygen atoms in total. The molecule has 0 bridgehead atoms. The zero-order chi connectivity index (χ0) is 12.4. The largest absolute Gasteiger partial charge is 0.506 e. The van der Waals surface area contributed by atoms with Crippen LogP contribution in [0.15, 0.2) is 35.1 Å². The number of rotatable bonds is 2. The zero-order valence-electron chi connectivity index (χ0n) is 9.22. The number of benzene rings is 1. The van der Waals surface area contributed by atoms with Gasteiger partial charge in [-0.1, -0.05) is 18.2 Å². The molecule has 1 N–H and O–H groups in total. The second-order valence-corrected chi connectivity index (χ2v) is 3.91. The molecule has 0 spiro atoms. The summed E-state index contributed by atoms with van der Waals surface area (Å²) in [6, 6.07) is 8.50. The van der Waals surface area contributed by atoms with Crippen molar-refractivity contribution in [1.29, 1.82) is 0 Å². The van der Waals surface area contributed by atoms with E-state index in [1.807, 2.05) is 25.1 Å². The molecule has 5 heteroatoms. The average molecular weight is 251 g/mol. The number of nitrogens with zero attached hydrogens (tertiary/aromatic N) is 2. The first-order valence-corrected chi connectivity index (χ1v) is 5.61. The van der Waals surface area contributed by atoms with Crippen molar-refractivity contribution >= 4 is 11.6 Å². The van der Waals surface area contributed by atoms with Gasteiger partial charge in [0.1, 0.15) is 11.4 Å². The second kappa shape index (κ2) is 4.59. The number of aryl methyl sites for hydroxylation is 1. The van der Waals surface area contributed by atoms with Crippen LogP contribution in [0.4, 0.5) is 0 Å². The van der Waals surface area contributed by atoms with E-state index in [4.69, 9.17) is 11.6 Å². The van der Waals surface area contributed by atoms with Crippen molar-refractivity contribution in [2.75, 3.05) is 0 Å². The third kappa shape index (κ3) is 2.17. The Morgan fingerprint density at radius 3 is 2.76 bits per heavy atom. The van der Waals surface area contributed by atoms with Gasteiger partial charge in [0.2, 0.25) is 0 Å². The van der Waals surface area contributed by atoms with E-state index in [2.05, 4.69) is 5.10 Å². The van der Waals surface area contributed by atoms with Gasteiger partial charge < -0.3 is 5.11 Å². The van der Waals surface area contributed by atoms with Crippen molar-refractivity contribution in [2.24, 2.45) is 0 Å². The van der Waals surface area contributed by atoms with Crippen LogP contribution in [0.1, 0.15) is 11.3 Å². The van der Waals surface area contributed by atoms with E-state index in [1.54, 1.807) is 6.07 Å². The van der Waals surface area contributed by atoms with Crippen LogP contribution in [-0.4, -0.2) is 14.9 Å². The number of halogens is 1. The monoisotopic (exact) mass is 250 g/mol. The average Bonchev–Trinajstić information content (AvgIpc) is 2.31. The Hall–Kier alpha value is -1.81. The van der Waals surface area contributed by atoms with Gasteiger partial charge in [0, 0.05) is 6.07 Å². The molecule has 88 valence electrons. The lowest BCUT2D eigenvalue weighted by atomic mass is 10.2. The summed E-state index contributed by atoms with van der Waals surface area (Å²) in [7, 11) is 0. The lowest BCUT2D eigenvalue weighted by molar-refractivity contribution is 0.460. The molecule has 0 saturated carbocycles. The van der Waals surface area contributed by atoms with E-state index in [9.17, 15) is 9.90 Å². The van der Waals surface area contributed by atoms with Crippen LogP contribution in [0.2, 0.25) is 0 Å². The Labute approximate surface area is 103 Å². The maximum atomic E-state index is 11.8. The van der Waals surface area contributed by atoms with Gasteiger partial charge in [-0.05, 0) is 18.6 Å². The Bertz CT molecular complexity index is 608. The molecule has 1 aromatic carbocycles. The highest BCUT2D eigenvalue weighted by Crippen LogP contribution is 2.16. The van der Waals surface area contributed by atoms with Crippen molar-refractivity contribution in [2.45, 2.75) is 12.8 Å². The minimum Gasteiger partial charge on any atom is -0.506 e. The summed E-state index contributed by atoms with van der Waals surface area (Å²) < 4.78 is 1.24. The fourth-order valence-electron chi connectivity index (χ4n) is 1.55. The molecule has 0 aliphatic heterocycles. The van der Waals surface area contributed by atoms with Crippen molar-refractivity contribution in [3.63, 3.8) is 0 Å². The maximum absolute atomic E-state index is 11.8. The predicted molar refractivity (Wildman–Crippen MR) is 65.8 cm³/mol. The van der Waals surface area contributed by atoms with E-state index in [1.165, 1.54) is 4.68 Å². The summed E-state index contributed by atoms with van der Waals surface area (Å²) in [5, 5.41) is 13.5. The van der Waals surface area contributed by atoms with Gasteiger partial charge in [-0.25, -0.2) is 0 Å². The first kappa shape index (κ1) is 11.7. The Morgan fingerprint density at radius 2 is 2.12 bits per heavy atom. The highest BCUT2D eigenvalue weighted by atomic mass is 35.5. The highest BCUT2D eigenvalue weighted by Gasteiger charge is 2.09. The number of aromatic nitrogens is 2. The topological polar surface area (TPSA) is 55.1 Å². The van der Waals surface area contributed by atoms with E-state index in [-0.39, 0.29) is 22.9 Å². The Morgan fingerprint density at radius 1 is 1.41 bits per heavy atom. The number of aromatic hydroxyl groups is 1. The minimum atomic E-state index is -0.384. The molecule has 0 amide bonds. The van der Waals surface area contributed by atoms with Crippen LogP contribution < -0.4 is 5.56 Å². The van der Waals surface area contributed by atoms with Crippen LogP contribution >= 0.6 is 11.6 Å². The van der Waals surface area contributed by atoms with E-state index >= 15 is 0 Å². The molecule has 0 unspecified atom stereocenters. The number of hydrogen-bond donors (Lipinski definition) is 1. The molecular weight excluding hydrogens is 240 g/mol. The van der Waals surface area contributed by atoms with E-state index in [0.29, 0.717) is 5.69 Å². The molecule has 2 aromatic rings. The van der Waals surface area contributed by atoms with Gasteiger partial charge in [0.05, 0.1) is 11.6 Å². The molecule has 0 fully saturated rings. The second-order valence-electron chi connectivity index (χ2n) is 3.65. The van der Waals surface area contributed by atoms with Crippen molar-refractivity contribution in [3.8, 4) is 11.4 Å². The molecule has 0 radical (unpaired) electrons. The maximum Gasteiger partial charge on any atom is 0.275 e.